The molecule has 2 amide bonds. The topological polar surface area (TPSA) is 91.3 Å². The summed E-state index contributed by atoms with van der Waals surface area (Å²) < 4.78 is 11.4. The molecule has 7 heteroatoms. The van der Waals surface area contributed by atoms with Crippen molar-refractivity contribution in [1.29, 1.82) is 0 Å². The lowest BCUT2D eigenvalue weighted by molar-refractivity contribution is -0.166. The third-order valence-corrected chi connectivity index (χ3v) is 3.70. The summed E-state index contributed by atoms with van der Waals surface area (Å²) in [7, 11) is 0. The van der Waals surface area contributed by atoms with E-state index in [4.69, 9.17) is 9.47 Å². The van der Waals surface area contributed by atoms with Crippen LogP contribution in [0.2, 0.25) is 0 Å². The summed E-state index contributed by atoms with van der Waals surface area (Å²) in [5.41, 5.74) is 0. The van der Waals surface area contributed by atoms with Crippen LogP contribution in [0.5, 0.6) is 0 Å². The minimum Gasteiger partial charge on any atom is -0.390 e. The van der Waals surface area contributed by atoms with E-state index in [0.717, 1.165) is 0 Å². The monoisotopic (exact) mass is 270 g/mol. The smallest absolute Gasteiger partial charge is 0.324 e. The van der Waals surface area contributed by atoms with Gasteiger partial charge in [-0.3, -0.25) is 4.90 Å². The number of aliphatic hydroxyl groups is 2. The minimum absolute atomic E-state index is 0.300. The number of hydrogen-bond donors (Lipinski definition) is 3. The third kappa shape index (κ3) is 2.12. The largest absolute Gasteiger partial charge is 0.390 e. The number of carbonyl (C=O) groups excluding carboxylic acids is 1. The molecule has 3 unspecified atom stereocenters. The minimum atomic E-state index is -0.969. The van der Waals surface area contributed by atoms with Crippen LogP contribution in [0.15, 0.2) is 12.3 Å². The molecule has 0 aromatic carbocycles. The van der Waals surface area contributed by atoms with Gasteiger partial charge in [-0.1, -0.05) is 0 Å². The molecule has 1 aliphatic carbocycles. The molecule has 5 atom stereocenters. The molecule has 3 rings (SSSR count). The van der Waals surface area contributed by atoms with Gasteiger partial charge in [-0.05, 0) is 26.3 Å². The van der Waals surface area contributed by atoms with E-state index in [-0.39, 0.29) is 12.1 Å². The molecule has 2 heterocycles. The van der Waals surface area contributed by atoms with Crippen molar-refractivity contribution in [3.63, 3.8) is 0 Å². The van der Waals surface area contributed by atoms with Crippen LogP contribution < -0.4 is 5.32 Å². The van der Waals surface area contributed by atoms with E-state index in [2.05, 4.69) is 5.32 Å². The van der Waals surface area contributed by atoms with Crippen LogP contribution in [0.4, 0.5) is 4.79 Å². The second-order valence-corrected chi connectivity index (χ2v) is 5.58. The van der Waals surface area contributed by atoms with Crippen molar-refractivity contribution in [2.45, 2.75) is 56.6 Å². The number of rotatable bonds is 1. The van der Waals surface area contributed by atoms with Crippen molar-refractivity contribution in [3.8, 4) is 0 Å². The number of amides is 2. The summed E-state index contributed by atoms with van der Waals surface area (Å²) in [6, 6.07) is -0.702. The van der Waals surface area contributed by atoms with Gasteiger partial charge in [0.05, 0.1) is 12.1 Å². The summed E-state index contributed by atoms with van der Waals surface area (Å²) in [5.74, 6) is -0.759. The normalized spacial score (nSPS) is 44.3. The van der Waals surface area contributed by atoms with Gasteiger partial charge in [-0.15, -0.1) is 0 Å². The molecule has 2 fully saturated rings. The Labute approximate surface area is 110 Å². The molecule has 2 aliphatic heterocycles. The van der Waals surface area contributed by atoms with E-state index >= 15 is 0 Å². The van der Waals surface area contributed by atoms with Crippen molar-refractivity contribution in [2.24, 2.45) is 0 Å². The Bertz CT molecular complexity index is 424. The lowest BCUT2D eigenvalue weighted by atomic mass is 10.1. The van der Waals surface area contributed by atoms with Crippen LogP contribution >= 0.6 is 0 Å². The second-order valence-electron chi connectivity index (χ2n) is 5.58. The van der Waals surface area contributed by atoms with Crippen molar-refractivity contribution in [2.75, 3.05) is 0 Å². The number of nitrogens with one attached hydrogen (secondary N) is 1. The van der Waals surface area contributed by atoms with Crippen LogP contribution in [0.1, 0.15) is 20.3 Å². The summed E-state index contributed by atoms with van der Waals surface area (Å²) >= 11 is 0. The number of carbonyl (C=O) groups is 1. The molecule has 0 radical (unpaired) electrons. The van der Waals surface area contributed by atoms with Crippen LogP contribution in [0.25, 0.3) is 0 Å². The van der Waals surface area contributed by atoms with E-state index < -0.39 is 30.3 Å². The number of hydrogen-bond acceptors (Lipinski definition) is 5. The Morgan fingerprint density at radius 3 is 2.74 bits per heavy atom. The first-order valence-corrected chi connectivity index (χ1v) is 6.36. The van der Waals surface area contributed by atoms with Gasteiger partial charge < -0.3 is 25.0 Å². The number of nitrogens with zero attached hydrogens (tertiary/aromatic N) is 1. The zero-order valence-corrected chi connectivity index (χ0v) is 10.8. The van der Waals surface area contributed by atoms with Gasteiger partial charge >= 0.3 is 6.03 Å². The number of urea groups is 1. The van der Waals surface area contributed by atoms with Crippen molar-refractivity contribution < 1.29 is 24.5 Å². The molecule has 0 spiro atoms. The highest BCUT2D eigenvalue weighted by Crippen LogP contribution is 2.40. The fraction of sp³-hybridized carbons (Fsp3) is 0.750. The van der Waals surface area contributed by atoms with Gasteiger partial charge in [0.2, 0.25) is 0 Å². The molecule has 0 bridgehead atoms. The van der Waals surface area contributed by atoms with E-state index in [0.29, 0.717) is 6.42 Å². The highest BCUT2D eigenvalue weighted by atomic mass is 16.8. The van der Waals surface area contributed by atoms with Crippen LogP contribution in [-0.4, -0.2) is 57.5 Å². The lowest BCUT2D eigenvalue weighted by Gasteiger charge is -2.33. The molecule has 0 aromatic heterocycles. The van der Waals surface area contributed by atoms with Gasteiger partial charge in [0.15, 0.2) is 5.79 Å². The van der Waals surface area contributed by atoms with Gasteiger partial charge in [0, 0.05) is 6.20 Å². The predicted octanol–water partition coefficient (Wildman–Crippen LogP) is -0.503. The van der Waals surface area contributed by atoms with Gasteiger partial charge in [0.1, 0.15) is 18.4 Å². The maximum Gasteiger partial charge on any atom is 0.324 e. The predicted molar refractivity (Wildman–Crippen MR) is 63.8 cm³/mol. The number of fused-ring (bicyclic) bond motifs is 1. The Kier molecular flexibility index (Phi) is 2.82. The summed E-state index contributed by atoms with van der Waals surface area (Å²) in [6.45, 7) is 3.57. The quantitative estimate of drug-likeness (QED) is 0.597. The molecule has 3 N–H and O–H groups in total. The zero-order chi connectivity index (χ0) is 13.8. The summed E-state index contributed by atoms with van der Waals surface area (Å²) in [4.78, 5) is 13.3. The van der Waals surface area contributed by atoms with Crippen molar-refractivity contribution >= 4 is 6.03 Å². The first kappa shape index (κ1) is 12.9. The fourth-order valence-electron chi connectivity index (χ4n) is 2.95. The van der Waals surface area contributed by atoms with Gasteiger partial charge in [-0.25, -0.2) is 4.79 Å². The van der Waals surface area contributed by atoms with Crippen LogP contribution in [0.3, 0.4) is 0 Å². The Morgan fingerprint density at radius 2 is 2.05 bits per heavy atom. The lowest BCUT2D eigenvalue weighted by Crippen LogP contribution is -2.52. The summed E-state index contributed by atoms with van der Waals surface area (Å²) in [5, 5.41) is 21.7. The van der Waals surface area contributed by atoms with Crippen LogP contribution in [-0.2, 0) is 9.47 Å². The molecule has 3 aliphatic rings. The average Bonchev–Trinajstić information content (AvgIpc) is 2.75. The fourth-order valence-corrected chi connectivity index (χ4v) is 2.95. The van der Waals surface area contributed by atoms with Gasteiger partial charge in [-0.2, -0.15) is 0 Å². The highest BCUT2D eigenvalue weighted by Gasteiger charge is 2.56. The molecule has 0 aromatic rings. The van der Waals surface area contributed by atoms with Crippen molar-refractivity contribution in [3.05, 3.63) is 12.3 Å². The standard InChI is InChI=1S/C12H18N2O5/c1-12(2)18-9-6(5-7(15)10(9)19-12)14-4-3-8(16)13-11(14)17/h3-4,6-10,15-16H,5H2,1-2H3,(H,13,17)/t6-,7+,8?,9?,10?/m1/s1. The SMILES string of the molecule is CC1(C)OC2C(O1)[C@@H](O)C[C@H]2N1C=CC(O)NC1=O. The first-order valence-electron chi connectivity index (χ1n) is 6.36. The average molecular weight is 270 g/mol. The first-order chi connectivity index (χ1) is 8.87. The molecule has 7 nitrogen and oxygen atoms in total. The third-order valence-electron chi connectivity index (χ3n) is 3.70. The Hall–Kier alpha value is -1.15. The maximum absolute atomic E-state index is 11.9. The molecule has 1 saturated heterocycles. The van der Waals surface area contributed by atoms with Crippen LogP contribution in [0, 0.1) is 0 Å². The Balaban J connectivity index is 1.82. The van der Waals surface area contributed by atoms with Gasteiger partial charge in [0.25, 0.3) is 0 Å². The Morgan fingerprint density at radius 1 is 1.37 bits per heavy atom. The number of ether oxygens (including phenoxy) is 2. The molecular formula is C12H18N2O5. The molecule has 106 valence electrons. The molecule has 19 heavy (non-hydrogen) atoms. The van der Waals surface area contributed by atoms with E-state index in [9.17, 15) is 15.0 Å². The van der Waals surface area contributed by atoms with E-state index in [1.165, 1.54) is 17.2 Å². The summed E-state index contributed by atoms with van der Waals surface area (Å²) in [6.07, 6.45) is 0.968. The van der Waals surface area contributed by atoms with Crippen molar-refractivity contribution in [1.82, 2.24) is 10.2 Å². The second kappa shape index (κ2) is 4.17. The molecule has 1 saturated carbocycles. The zero-order valence-electron chi connectivity index (χ0n) is 10.8. The maximum atomic E-state index is 11.9. The van der Waals surface area contributed by atoms with E-state index in [1.54, 1.807) is 13.8 Å². The highest BCUT2D eigenvalue weighted by molar-refractivity contribution is 5.77. The number of aliphatic hydroxyl groups excluding tert-OH is 2. The molecular weight excluding hydrogens is 252 g/mol. The van der Waals surface area contributed by atoms with E-state index in [1.807, 2.05) is 0 Å².